The van der Waals surface area contributed by atoms with Crippen LogP contribution in [0.3, 0.4) is 0 Å². The number of rotatable bonds is 5. The minimum absolute atomic E-state index is 0.498. The van der Waals surface area contributed by atoms with Crippen LogP contribution in [-0.2, 0) is 6.54 Å². The molecular formula is C17H23N7O. The summed E-state index contributed by atoms with van der Waals surface area (Å²) >= 11 is 0. The molecule has 0 amide bonds. The average Bonchev–Trinajstić information content (AvgIpc) is 3.27. The first-order valence-corrected chi connectivity index (χ1v) is 8.82. The third-order valence-corrected chi connectivity index (χ3v) is 4.46. The van der Waals surface area contributed by atoms with E-state index in [0.717, 1.165) is 55.7 Å². The molecule has 25 heavy (non-hydrogen) atoms. The fourth-order valence-electron chi connectivity index (χ4n) is 2.96. The zero-order valence-electron chi connectivity index (χ0n) is 14.6. The van der Waals surface area contributed by atoms with Crippen LogP contribution in [0.5, 0.6) is 0 Å². The van der Waals surface area contributed by atoms with Crippen LogP contribution >= 0.6 is 0 Å². The van der Waals surface area contributed by atoms with Gasteiger partial charge in [0.2, 0.25) is 0 Å². The molecule has 3 aromatic rings. The minimum atomic E-state index is 0.498. The number of hydrogen-bond acceptors (Lipinski definition) is 7. The topological polar surface area (TPSA) is 84.9 Å². The van der Waals surface area contributed by atoms with Crippen molar-refractivity contribution in [3.05, 3.63) is 18.5 Å². The Morgan fingerprint density at radius 1 is 1.24 bits per heavy atom. The minimum Gasteiger partial charge on any atom is -0.336 e. The molecule has 8 nitrogen and oxygen atoms in total. The van der Waals surface area contributed by atoms with Crippen molar-refractivity contribution in [2.75, 3.05) is 31.1 Å². The zero-order valence-corrected chi connectivity index (χ0v) is 14.6. The second kappa shape index (κ2) is 6.79. The van der Waals surface area contributed by atoms with Crippen LogP contribution in [0.1, 0.15) is 20.3 Å². The Bertz CT molecular complexity index is 848. The van der Waals surface area contributed by atoms with Crippen LogP contribution in [0.15, 0.2) is 23.0 Å². The van der Waals surface area contributed by atoms with E-state index in [-0.39, 0.29) is 0 Å². The lowest BCUT2D eigenvalue weighted by Gasteiger charge is -2.25. The van der Waals surface area contributed by atoms with Gasteiger partial charge in [-0.05, 0) is 23.6 Å². The summed E-state index contributed by atoms with van der Waals surface area (Å²) in [5.74, 6) is 1.78. The predicted octanol–water partition coefficient (Wildman–Crippen LogP) is 1.94. The first kappa shape index (κ1) is 16.0. The summed E-state index contributed by atoms with van der Waals surface area (Å²) in [5, 5.41) is 12.9. The Labute approximate surface area is 146 Å². The number of piperazine rings is 1. The van der Waals surface area contributed by atoms with Gasteiger partial charge in [-0.1, -0.05) is 13.8 Å². The molecule has 1 N–H and O–H groups in total. The smallest absolute Gasteiger partial charge is 0.266 e. The maximum absolute atomic E-state index is 5.45. The van der Waals surface area contributed by atoms with Crippen molar-refractivity contribution in [3.8, 4) is 11.5 Å². The van der Waals surface area contributed by atoms with Crippen molar-refractivity contribution in [1.82, 2.24) is 30.2 Å². The first-order valence-electron chi connectivity index (χ1n) is 8.82. The molecule has 1 fully saturated rings. The van der Waals surface area contributed by atoms with E-state index in [1.807, 2.05) is 16.9 Å². The van der Waals surface area contributed by atoms with E-state index in [2.05, 4.69) is 44.3 Å². The molecule has 0 bridgehead atoms. The highest BCUT2D eigenvalue weighted by molar-refractivity contribution is 5.79. The van der Waals surface area contributed by atoms with Gasteiger partial charge < -0.3 is 14.7 Å². The summed E-state index contributed by atoms with van der Waals surface area (Å²) in [6, 6.07) is 2.01. The third-order valence-electron chi connectivity index (χ3n) is 4.46. The van der Waals surface area contributed by atoms with Crippen LogP contribution in [0.25, 0.3) is 22.5 Å². The van der Waals surface area contributed by atoms with Crippen molar-refractivity contribution in [1.29, 1.82) is 0 Å². The fourth-order valence-corrected chi connectivity index (χ4v) is 2.96. The number of aryl methyl sites for hydroxylation is 1. The molecular weight excluding hydrogens is 318 g/mol. The van der Waals surface area contributed by atoms with E-state index in [1.165, 1.54) is 0 Å². The summed E-state index contributed by atoms with van der Waals surface area (Å²) in [6.45, 7) is 8.95. The summed E-state index contributed by atoms with van der Waals surface area (Å²) in [4.78, 5) is 11.2. The third kappa shape index (κ3) is 3.34. The highest BCUT2D eigenvalue weighted by atomic mass is 16.5. The number of anilines is 1. The molecule has 0 aromatic carbocycles. The maximum Gasteiger partial charge on any atom is 0.266 e. The molecule has 0 atom stereocenters. The highest BCUT2D eigenvalue weighted by Gasteiger charge is 2.18. The molecule has 3 aromatic heterocycles. The molecule has 4 heterocycles. The molecule has 0 radical (unpaired) electrons. The van der Waals surface area contributed by atoms with Crippen LogP contribution in [0.2, 0.25) is 0 Å². The molecule has 8 heteroatoms. The summed E-state index contributed by atoms with van der Waals surface area (Å²) < 4.78 is 7.41. The van der Waals surface area contributed by atoms with Gasteiger partial charge in [0.15, 0.2) is 5.65 Å². The van der Waals surface area contributed by atoms with Crippen LogP contribution in [0.4, 0.5) is 5.95 Å². The summed E-state index contributed by atoms with van der Waals surface area (Å²) in [7, 11) is 0. The summed E-state index contributed by atoms with van der Waals surface area (Å²) in [6.07, 6.45) is 4.71. The Hall–Kier alpha value is -2.48. The lowest BCUT2D eigenvalue weighted by Crippen LogP contribution is -2.44. The van der Waals surface area contributed by atoms with E-state index in [9.17, 15) is 0 Å². The van der Waals surface area contributed by atoms with Crippen molar-refractivity contribution in [3.63, 3.8) is 0 Å². The van der Waals surface area contributed by atoms with Gasteiger partial charge in [0.05, 0.1) is 11.8 Å². The number of nitrogens with zero attached hydrogens (tertiary/aromatic N) is 6. The molecule has 0 saturated carbocycles. The van der Waals surface area contributed by atoms with Crippen LogP contribution in [0, 0.1) is 5.92 Å². The Balaban J connectivity index is 1.56. The Morgan fingerprint density at radius 2 is 2.08 bits per heavy atom. The molecule has 1 aliphatic heterocycles. The molecule has 0 spiro atoms. The average molecular weight is 341 g/mol. The number of nitrogens with one attached hydrogen (secondary N) is 1. The quantitative estimate of drug-likeness (QED) is 0.759. The SMILES string of the molecule is CC(C)CCn1ncc2cc(-c3nc(N4CCNCC4)no3)cnc21. The lowest BCUT2D eigenvalue weighted by molar-refractivity contribution is 0.427. The molecule has 0 unspecified atom stereocenters. The Kier molecular flexibility index (Phi) is 4.35. The monoisotopic (exact) mass is 341 g/mol. The van der Waals surface area contributed by atoms with Gasteiger partial charge in [-0.2, -0.15) is 10.1 Å². The van der Waals surface area contributed by atoms with Crippen molar-refractivity contribution < 1.29 is 4.52 Å². The number of fused-ring (bicyclic) bond motifs is 1. The largest absolute Gasteiger partial charge is 0.336 e. The van der Waals surface area contributed by atoms with Gasteiger partial charge >= 0.3 is 0 Å². The lowest BCUT2D eigenvalue weighted by atomic mass is 10.1. The maximum atomic E-state index is 5.45. The van der Waals surface area contributed by atoms with E-state index in [4.69, 9.17) is 4.52 Å². The van der Waals surface area contributed by atoms with Gasteiger partial charge in [0.25, 0.3) is 11.8 Å². The predicted molar refractivity (Wildman–Crippen MR) is 95.4 cm³/mol. The van der Waals surface area contributed by atoms with Crippen molar-refractivity contribution >= 4 is 17.0 Å². The molecule has 1 aliphatic rings. The van der Waals surface area contributed by atoms with Gasteiger partial charge in [0, 0.05) is 44.3 Å². The first-order chi connectivity index (χ1) is 12.2. The molecule has 1 saturated heterocycles. The van der Waals surface area contributed by atoms with Crippen LogP contribution < -0.4 is 10.2 Å². The molecule has 132 valence electrons. The van der Waals surface area contributed by atoms with Gasteiger partial charge in [-0.3, -0.25) is 0 Å². The normalized spacial score (nSPS) is 15.4. The van der Waals surface area contributed by atoms with E-state index >= 15 is 0 Å². The molecule has 4 rings (SSSR count). The van der Waals surface area contributed by atoms with Gasteiger partial charge in [0.1, 0.15) is 0 Å². The molecule has 0 aliphatic carbocycles. The van der Waals surface area contributed by atoms with Crippen molar-refractivity contribution in [2.45, 2.75) is 26.8 Å². The Morgan fingerprint density at radius 3 is 2.88 bits per heavy atom. The van der Waals surface area contributed by atoms with E-state index in [0.29, 0.717) is 17.8 Å². The van der Waals surface area contributed by atoms with E-state index < -0.39 is 0 Å². The van der Waals surface area contributed by atoms with E-state index in [1.54, 1.807) is 6.20 Å². The second-order valence-corrected chi connectivity index (χ2v) is 6.82. The van der Waals surface area contributed by atoms with Gasteiger partial charge in [-0.25, -0.2) is 9.67 Å². The summed E-state index contributed by atoms with van der Waals surface area (Å²) in [5.41, 5.74) is 1.72. The number of aromatic nitrogens is 5. The zero-order chi connectivity index (χ0) is 17.2. The fraction of sp³-hybridized carbons (Fsp3) is 0.529. The standard InChI is InChI=1S/C17H23N7O/c1-12(2)3-6-24-15-13(11-20-24)9-14(10-19-15)16-21-17(22-25-16)23-7-4-18-5-8-23/h9-12,18H,3-8H2,1-2H3. The van der Waals surface area contributed by atoms with Gasteiger partial charge in [-0.15, -0.1) is 0 Å². The number of hydrogen-bond donors (Lipinski definition) is 1. The highest BCUT2D eigenvalue weighted by Crippen LogP contribution is 2.23. The van der Waals surface area contributed by atoms with Crippen molar-refractivity contribution in [2.24, 2.45) is 5.92 Å². The second-order valence-electron chi connectivity index (χ2n) is 6.82. The number of pyridine rings is 1. The van der Waals surface area contributed by atoms with Crippen LogP contribution in [-0.4, -0.2) is 51.1 Å².